The number of hydrogen-bond acceptors (Lipinski definition) is 5. The number of nitrogens with one attached hydrogen (secondary N) is 1. The van der Waals surface area contributed by atoms with E-state index < -0.39 is 24.3 Å². The number of carboxylic acids is 2. The lowest BCUT2D eigenvalue weighted by molar-refractivity contribution is -0.193. The van der Waals surface area contributed by atoms with Crippen molar-refractivity contribution in [2.45, 2.75) is 18.4 Å². The molecule has 0 saturated heterocycles. The minimum Gasteiger partial charge on any atom is -0.475 e. The highest BCUT2D eigenvalue weighted by Gasteiger charge is 2.38. The van der Waals surface area contributed by atoms with Crippen LogP contribution in [-0.4, -0.2) is 49.5 Å². The molecule has 2 heterocycles. The Hall–Kier alpha value is -5.24. The quantitative estimate of drug-likeness (QED) is 0.169. The highest BCUT2D eigenvalue weighted by atomic mass is 19.4. The zero-order valence-electron chi connectivity index (χ0n) is 21.8. The van der Waals surface area contributed by atoms with Crippen molar-refractivity contribution in [2.75, 3.05) is 0 Å². The normalized spacial score (nSPS) is 11.9. The number of aliphatic carboxylic acids is 2. The van der Waals surface area contributed by atoms with Crippen molar-refractivity contribution in [2.24, 2.45) is 5.73 Å². The molecule has 5 aromatic rings. The number of aromatic amines is 1. The summed E-state index contributed by atoms with van der Waals surface area (Å²) in [5.41, 5.74) is 14.0. The molecule has 0 amide bonds. The Kier molecular flexibility index (Phi) is 10.2. The number of hydrogen-bond donors (Lipinski definition) is 4. The molecule has 0 saturated carbocycles. The first-order chi connectivity index (χ1) is 20.2. The number of carboxylic acid groups (broad SMARTS) is 2. The van der Waals surface area contributed by atoms with Gasteiger partial charge in [0.15, 0.2) is 0 Å². The Morgan fingerprint density at radius 3 is 1.67 bits per heavy atom. The first-order valence-electron chi connectivity index (χ1n) is 12.1. The van der Waals surface area contributed by atoms with E-state index in [2.05, 4.69) is 58.5 Å². The molecular formula is C29H22F6N4O4. The van der Waals surface area contributed by atoms with Gasteiger partial charge in [0.1, 0.15) is 5.82 Å². The Morgan fingerprint density at radius 1 is 0.698 bits per heavy atom. The molecule has 1 atom stereocenters. The third kappa shape index (κ3) is 9.13. The number of benzene rings is 3. The predicted molar refractivity (Wildman–Crippen MR) is 145 cm³/mol. The number of carbonyl (C=O) groups is 2. The number of imidazole rings is 1. The summed E-state index contributed by atoms with van der Waals surface area (Å²) in [4.78, 5) is 30.0. The Labute approximate surface area is 239 Å². The van der Waals surface area contributed by atoms with Crippen LogP contribution in [0.3, 0.4) is 0 Å². The second kappa shape index (κ2) is 13.6. The van der Waals surface area contributed by atoms with Crippen LogP contribution in [0.15, 0.2) is 97.3 Å². The molecule has 0 radical (unpaired) electrons. The van der Waals surface area contributed by atoms with Crippen molar-refractivity contribution in [1.82, 2.24) is 15.0 Å². The van der Waals surface area contributed by atoms with Gasteiger partial charge in [0.05, 0.1) is 17.1 Å². The minimum absolute atomic E-state index is 0.309. The van der Waals surface area contributed by atoms with E-state index in [1.165, 1.54) is 11.1 Å². The van der Waals surface area contributed by atoms with E-state index in [0.29, 0.717) is 0 Å². The first-order valence-corrected chi connectivity index (χ1v) is 12.1. The van der Waals surface area contributed by atoms with Crippen LogP contribution in [0.25, 0.3) is 33.3 Å². The molecule has 5 N–H and O–H groups in total. The van der Waals surface area contributed by atoms with Crippen LogP contribution in [0.5, 0.6) is 0 Å². The van der Waals surface area contributed by atoms with Gasteiger partial charge in [-0.15, -0.1) is 0 Å². The van der Waals surface area contributed by atoms with Crippen LogP contribution in [0.4, 0.5) is 26.3 Å². The van der Waals surface area contributed by atoms with Gasteiger partial charge in [0.25, 0.3) is 0 Å². The summed E-state index contributed by atoms with van der Waals surface area (Å²) >= 11 is 0. The molecule has 0 aliphatic rings. The number of halogens is 6. The lowest BCUT2D eigenvalue weighted by Crippen LogP contribution is -2.21. The van der Waals surface area contributed by atoms with Crippen molar-refractivity contribution in [3.05, 3.63) is 109 Å². The number of nitrogens with zero attached hydrogens (tertiary/aromatic N) is 2. The fourth-order valence-electron chi connectivity index (χ4n) is 3.57. The van der Waals surface area contributed by atoms with Crippen LogP contribution < -0.4 is 5.73 Å². The molecule has 1 unspecified atom stereocenters. The molecule has 2 aromatic heterocycles. The van der Waals surface area contributed by atoms with E-state index >= 15 is 0 Å². The molecule has 224 valence electrons. The SMILES string of the molecule is NC(c1ccc(-c2ccccc2)cc1)c1nc2ccc(-c3ccncc3)cc2[nH]1.O=C(O)C(F)(F)F.O=C(O)C(F)(F)F. The van der Waals surface area contributed by atoms with Crippen molar-refractivity contribution >= 4 is 23.0 Å². The topological polar surface area (TPSA) is 142 Å². The van der Waals surface area contributed by atoms with E-state index in [0.717, 1.165) is 33.5 Å². The number of rotatable bonds is 4. The monoisotopic (exact) mass is 604 g/mol. The number of pyridine rings is 1. The molecule has 8 nitrogen and oxygen atoms in total. The maximum Gasteiger partial charge on any atom is 0.490 e. The van der Waals surface area contributed by atoms with Crippen molar-refractivity contribution in [3.63, 3.8) is 0 Å². The molecular weight excluding hydrogens is 582 g/mol. The van der Waals surface area contributed by atoms with Gasteiger partial charge in [-0.25, -0.2) is 14.6 Å². The van der Waals surface area contributed by atoms with E-state index in [-0.39, 0.29) is 6.04 Å². The van der Waals surface area contributed by atoms with Crippen LogP contribution >= 0.6 is 0 Å². The summed E-state index contributed by atoms with van der Waals surface area (Å²) < 4.78 is 63.5. The lowest BCUT2D eigenvalue weighted by atomic mass is 10.0. The molecule has 5 rings (SSSR count). The highest BCUT2D eigenvalue weighted by Crippen LogP contribution is 2.27. The summed E-state index contributed by atoms with van der Waals surface area (Å²) in [5, 5.41) is 14.2. The summed E-state index contributed by atoms with van der Waals surface area (Å²) in [6, 6.07) is 28.6. The standard InChI is InChI=1S/C25H20N4.2C2HF3O2/c26-24(20-8-6-18(7-9-20)17-4-2-1-3-5-17)25-28-22-11-10-21(16-23(22)29-25)19-12-14-27-15-13-19;2*3-2(4,5)1(6)7/h1-16,24H,26H2,(H,28,29);2*(H,6,7). The highest BCUT2D eigenvalue weighted by molar-refractivity contribution is 5.82. The predicted octanol–water partition coefficient (Wildman–Crippen LogP) is 6.61. The fraction of sp³-hybridized carbons (Fsp3) is 0.103. The average molecular weight is 605 g/mol. The maximum absolute atomic E-state index is 10.6. The number of aromatic nitrogens is 3. The minimum atomic E-state index is -5.08. The Morgan fingerprint density at radius 2 is 1.16 bits per heavy atom. The zero-order chi connectivity index (χ0) is 31.8. The van der Waals surface area contributed by atoms with E-state index in [1.54, 1.807) is 12.4 Å². The number of alkyl halides is 6. The second-order valence-electron chi connectivity index (χ2n) is 8.66. The van der Waals surface area contributed by atoms with Crippen molar-refractivity contribution in [3.8, 4) is 22.3 Å². The summed E-state index contributed by atoms with van der Waals surface area (Å²) in [5.74, 6) is -4.75. The summed E-state index contributed by atoms with van der Waals surface area (Å²) in [6.45, 7) is 0. The fourth-order valence-corrected chi connectivity index (χ4v) is 3.57. The maximum atomic E-state index is 10.6. The van der Waals surface area contributed by atoms with Gasteiger partial charge in [-0.05, 0) is 52.1 Å². The van der Waals surface area contributed by atoms with Crippen molar-refractivity contribution in [1.29, 1.82) is 0 Å². The number of fused-ring (bicyclic) bond motifs is 1. The van der Waals surface area contributed by atoms with Crippen LogP contribution in [-0.2, 0) is 9.59 Å². The van der Waals surface area contributed by atoms with E-state index in [1.807, 2.05) is 36.4 Å². The molecule has 0 aliphatic carbocycles. The molecule has 0 fully saturated rings. The lowest BCUT2D eigenvalue weighted by Gasteiger charge is -2.10. The zero-order valence-corrected chi connectivity index (χ0v) is 21.8. The molecule has 3 aromatic carbocycles. The van der Waals surface area contributed by atoms with Gasteiger partial charge in [0.2, 0.25) is 0 Å². The molecule has 43 heavy (non-hydrogen) atoms. The van der Waals surface area contributed by atoms with Gasteiger partial charge in [-0.3, -0.25) is 4.98 Å². The molecule has 0 bridgehead atoms. The van der Waals surface area contributed by atoms with Gasteiger partial charge in [0, 0.05) is 12.4 Å². The smallest absolute Gasteiger partial charge is 0.475 e. The largest absolute Gasteiger partial charge is 0.490 e. The van der Waals surface area contributed by atoms with E-state index in [4.69, 9.17) is 30.5 Å². The molecule has 0 spiro atoms. The Balaban J connectivity index is 0.000000303. The molecule has 0 aliphatic heterocycles. The number of H-pyrrole nitrogens is 1. The van der Waals surface area contributed by atoms with Gasteiger partial charge >= 0.3 is 24.3 Å². The third-order valence-corrected chi connectivity index (χ3v) is 5.67. The van der Waals surface area contributed by atoms with Crippen LogP contribution in [0.1, 0.15) is 17.4 Å². The first kappa shape index (κ1) is 32.3. The van der Waals surface area contributed by atoms with Gasteiger partial charge < -0.3 is 20.9 Å². The van der Waals surface area contributed by atoms with Crippen LogP contribution in [0, 0.1) is 0 Å². The average Bonchev–Trinajstić information content (AvgIpc) is 3.41. The van der Waals surface area contributed by atoms with E-state index in [9.17, 15) is 26.3 Å². The Bertz CT molecular complexity index is 1630. The number of nitrogens with two attached hydrogens (primary N) is 1. The third-order valence-electron chi connectivity index (χ3n) is 5.67. The summed E-state index contributed by atoms with van der Waals surface area (Å²) in [7, 11) is 0. The van der Waals surface area contributed by atoms with Gasteiger partial charge in [-0.2, -0.15) is 26.3 Å². The summed E-state index contributed by atoms with van der Waals surface area (Å²) in [6.07, 6.45) is -6.57. The second-order valence-corrected chi connectivity index (χ2v) is 8.66. The van der Waals surface area contributed by atoms with Gasteiger partial charge in [-0.1, -0.05) is 60.7 Å². The molecule has 14 heteroatoms. The van der Waals surface area contributed by atoms with Crippen molar-refractivity contribution < 1.29 is 46.1 Å². The van der Waals surface area contributed by atoms with Crippen LogP contribution in [0.2, 0.25) is 0 Å².